The summed E-state index contributed by atoms with van der Waals surface area (Å²) >= 11 is 0. The smallest absolute Gasteiger partial charge is 0.264 e. The van der Waals surface area contributed by atoms with Crippen LogP contribution in [0.15, 0.2) is 35.1 Å². The first-order chi connectivity index (χ1) is 12.9. The lowest BCUT2D eigenvalue weighted by Crippen LogP contribution is -2.51. The van der Waals surface area contributed by atoms with E-state index in [-0.39, 0.29) is 30.3 Å². The zero-order valence-electron chi connectivity index (χ0n) is 15.7. The van der Waals surface area contributed by atoms with E-state index in [4.69, 9.17) is 0 Å². The summed E-state index contributed by atoms with van der Waals surface area (Å²) in [6.07, 6.45) is 0.704. The monoisotopic (exact) mass is 368 g/mol. The van der Waals surface area contributed by atoms with Crippen LogP contribution in [-0.4, -0.2) is 51.4 Å². The van der Waals surface area contributed by atoms with Crippen LogP contribution in [0.3, 0.4) is 0 Å². The van der Waals surface area contributed by atoms with Crippen LogP contribution in [0, 0.1) is 13.8 Å². The van der Waals surface area contributed by atoms with Crippen molar-refractivity contribution in [3.05, 3.63) is 63.1 Å². The first-order valence-corrected chi connectivity index (χ1v) is 9.08. The predicted molar refractivity (Wildman–Crippen MR) is 101 cm³/mol. The fourth-order valence-electron chi connectivity index (χ4n) is 3.37. The van der Waals surface area contributed by atoms with Crippen LogP contribution in [0.5, 0.6) is 0 Å². The molecule has 0 unspecified atom stereocenters. The number of nitrogens with zero attached hydrogens (tertiary/aromatic N) is 3. The summed E-state index contributed by atoms with van der Waals surface area (Å²) < 4.78 is 0. The second kappa shape index (κ2) is 8.16. The molecule has 1 aliphatic rings. The zero-order chi connectivity index (χ0) is 19.4. The Morgan fingerprint density at radius 2 is 1.85 bits per heavy atom. The van der Waals surface area contributed by atoms with Crippen LogP contribution in [0.25, 0.3) is 0 Å². The van der Waals surface area contributed by atoms with Gasteiger partial charge in [0, 0.05) is 38.5 Å². The number of hydrogen-bond acceptors (Lipinski definition) is 4. The fraction of sp³-hybridized carbons (Fsp3) is 0.400. The van der Waals surface area contributed by atoms with E-state index in [9.17, 15) is 14.4 Å². The van der Waals surface area contributed by atoms with Crippen LogP contribution in [0.2, 0.25) is 0 Å². The summed E-state index contributed by atoms with van der Waals surface area (Å²) in [6.45, 7) is 5.86. The van der Waals surface area contributed by atoms with Gasteiger partial charge < -0.3 is 9.80 Å². The Hall–Kier alpha value is -2.96. The maximum atomic E-state index is 12.5. The Morgan fingerprint density at radius 1 is 1.11 bits per heavy atom. The number of aromatic amines is 1. The maximum absolute atomic E-state index is 12.5. The number of aromatic nitrogens is 2. The second-order valence-electron chi connectivity index (χ2n) is 7.04. The number of aryl methyl sites for hydroxylation is 3. The maximum Gasteiger partial charge on any atom is 0.264 e. The quantitative estimate of drug-likeness (QED) is 0.859. The molecule has 0 radical (unpaired) electrons. The second-order valence-corrected chi connectivity index (χ2v) is 7.04. The standard InChI is InChI=1S/C20H24N4O3/c1-14-9-15(2)11-16(10-14)12-23-7-8-24(13-20(23)27)19(26)6-4-17-3-5-18(25)22-21-17/h3,5,9-11H,4,6-8,12-13H2,1-2H3,(H,22,25). The third-order valence-corrected chi connectivity index (χ3v) is 4.66. The molecular formula is C20H24N4O3. The molecular weight excluding hydrogens is 344 g/mol. The highest BCUT2D eigenvalue weighted by atomic mass is 16.2. The zero-order valence-corrected chi connectivity index (χ0v) is 15.7. The molecule has 2 aromatic rings. The van der Waals surface area contributed by atoms with Gasteiger partial charge in [0.2, 0.25) is 11.8 Å². The summed E-state index contributed by atoms with van der Waals surface area (Å²) in [5.41, 5.74) is 3.87. The van der Waals surface area contributed by atoms with Gasteiger partial charge in [-0.25, -0.2) is 5.10 Å². The van der Waals surface area contributed by atoms with E-state index in [2.05, 4.69) is 28.4 Å². The van der Waals surface area contributed by atoms with Crippen LogP contribution in [0.4, 0.5) is 0 Å². The minimum atomic E-state index is -0.268. The number of nitrogens with one attached hydrogen (secondary N) is 1. The van der Waals surface area contributed by atoms with Crippen molar-refractivity contribution in [2.45, 2.75) is 33.2 Å². The highest BCUT2D eigenvalue weighted by Gasteiger charge is 2.26. The Morgan fingerprint density at radius 3 is 2.48 bits per heavy atom. The van der Waals surface area contributed by atoms with Crippen molar-refractivity contribution in [3.8, 4) is 0 Å². The van der Waals surface area contributed by atoms with Crippen molar-refractivity contribution in [3.63, 3.8) is 0 Å². The fourth-order valence-corrected chi connectivity index (χ4v) is 3.37. The lowest BCUT2D eigenvalue weighted by Gasteiger charge is -2.34. The molecule has 142 valence electrons. The van der Waals surface area contributed by atoms with Crippen molar-refractivity contribution in [1.29, 1.82) is 0 Å². The molecule has 0 atom stereocenters. The van der Waals surface area contributed by atoms with Gasteiger partial charge in [-0.3, -0.25) is 14.4 Å². The summed E-state index contributed by atoms with van der Waals surface area (Å²) in [7, 11) is 0. The minimum Gasteiger partial charge on any atom is -0.335 e. The van der Waals surface area contributed by atoms with Gasteiger partial charge in [0.05, 0.1) is 12.2 Å². The number of carbonyl (C=O) groups excluding carboxylic acids is 2. The molecule has 7 nitrogen and oxygen atoms in total. The minimum absolute atomic E-state index is 0.0316. The van der Waals surface area contributed by atoms with Gasteiger partial charge in [-0.2, -0.15) is 5.10 Å². The molecule has 1 saturated heterocycles. The van der Waals surface area contributed by atoms with Crippen LogP contribution < -0.4 is 5.56 Å². The average Bonchev–Trinajstić information content (AvgIpc) is 2.62. The number of H-pyrrole nitrogens is 1. The highest BCUT2D eigenvalue weighted by molar-refractivity contribution is 5.86. The summed E-state index contributed by atoms with van der Waals surface area (Å²) in [5, 5.41) is 6.26. The van der Waals surface area contributed by atoms with E-state index in [1.54, 1.807) is 11.0 Å². The molecule has 0 spiro atoms. The van der Waals surface area contributed by atoms with E-state index in [1.807, 2.05) is 18.7 Å². The van der Waals surface area contributed by atoms with Crippen LogP contribution in [0.1, 0.15) is 28.8 Å². The van der Waals surface area contributed by atoms with Gasteiger partial charge in [-0.15, -0.1) is 0 Å². The van der Waals surface area contributed by atoms with E-state index in [1.165, 1.54) is 17.2 Å². The molecule has 1 aromatic carbocycles. The van der Waals surface area contributed by atoms with E-state index >= 15 is 0 Å². The molecule has 0 saturated carbocycles. The predicted octanol–water partition coefficient (Wildman–Crippen LogP) is 1.19. The molecule has 3 rings (SSSR count). The first kappa shape index (κ1) is 18.8. The van der Waals surface area contributed by atoms with E-state index < -0.39 is 0 Å². The van der Waals surface area contributed by atoms with Gasteiger partial charge in [0.1, 0.15) is 0 Å². The summed E-state index contributed by atoms with van der Waals surface area (Å²) in [5.74, 6) is -0.0988. The largest absolute Gasteiger partial charge is 0.335 e. The van der Waals surface area contributed by atoms with Gasteiger partial charge in [-0.1, -0.05) is 29.3 Å². The van der Waals surface area contributed by atoms with E-state index in [0.717, 1.165) is 5.56 Å². The number of rotatable bonds is 5. The molecule has 1 fully saturated rings. The van der Waals surface area contributed by atoms with Gasteiger partial charge >= 0.3 is 0 Å². The lowest BCUT2D eigenvalue weighted by molar-refractivity contribution is -0.145. The third kappa shape index (κ3) is 5.03. The number of amides is 2. The van der Waals surface area contributed by atoms with Crippen LogP contribution >= 0.6 is 0 Å². The average molecular weight is 368 g/mol. The molecule has 1 aliphatic heterocycles. The van der Waals surface area contributed by atoms with Gasteiger partial charge in [-0.05, 0) is 25.5 Å². The van der Waals surface area contributed by atoms with Crippen molar-refractivity contribution < 1.29 is 9.59 Å². The Kier molecular flexibility index (Phi) is 5.69. The third-order valence-electron chi connectivity index (χ3n) is 4.66. The SMILES string of the molecule is Cc1cc(C)cc(CN2CCN(C(=O)CCc3ccc(=O)[nH]n3)CC2=O)c1. The highest BCUT2D eigenvalue weighted by Crippen LogP contribution is 2.14. The van der Waals surface area contributed by atoms with Gasteiger partial charge in [0.25, 0.3) is 5.56 Å². The molecule has 1 N–H and O–H groups in total. The number of benzene rings is 1. The Bertz CT molecular complexity index is 866. The van der Waals surface area contributed by atoms with Crippen molar-refractivity contribution in [2.24, 2.45) is 0 Å². The molecule has 2 heterocycles. The number of carbonyl (C=O) groups is 2. The van der Waals surface area contributed by atoms with Gasteiger partial charge in [0.15, 0.2) is 0 Å². The molecule has 0 aliphatic carbocycles. The Balaban J connectivity index is 1.52. The molecule has 27 heavy (non-hydrogen) atoms. The van der Waals surface area contributed by atoms with Crippen molar-refractivity contribution in [2.75, 3.05) is 19.6 Å². The number of piperazine rings is 1. The number of hydrogen-bond donors (Lipinski definition) is 1. The molecule has 2 amide bonds. The lowest BCUT2D eigenvalue weighted by atomic mass is 10.1. The topological polar surface area (TPSA) is 86.4 Å². The first-order valence-electron chi connectivity index (χ1n) is 9.08. The van der Waals surface area contributed by atoms with Crippen molar-refractivity contribution >= 4 is 11.8 Å². The molecule has 0 bridgehead atoms. The Labute approximate surface area is 158 Å². The normalized spacial score (nSPS) is 14.5. The summed E-state index contributed by atoms with van der Waals surface area (Å²) in [4.78, 5) is 39.3. The van der Waals surface area contributed by atoms with E-state index in [0.29, 0.717) is 31.7 Å². The van der Waals surface area contributed by atoms with Crippen LogP contribution in [-0.2, 0) is 22.6 Å². The molecule has 7 heteroatoms. The molecule has 1 aromatic heterocycles. The van der Waals surface area contributed by atoms with Crippen molar-refractivity contribution in [1.82, 2.24) is 20.0 Å². The summed E-state index contributed by atoms with van der Waals surface area (Å²) in [6, 6.07) is 9.30.